The Morgan fingerprint density at radius 1 is 1.00 bits per heavy atom. The molecule has 0 radical (unpaired) electrons. The Hall–Kier alpha value is -5.04. The molecule has 5 aromatic rings. The lowest BCUT2D eigenvalue weighted by molar-refractivity contribution is 0.0297. The normalized spacial score (nSPS) is 11.6. The molecule has 0 aliphatic carbocycles. The smallest absolute Gasteiger partial charge is 0.410 e. The van der Waals surface area contributed by atoms with E-state index in [1.54, 1.807) is 25.2 Å². The van der Waals surface area contributed by atoms with E-state index in [0.717, 1.165) is 6.07 Å². The Balaban J connectivity index is 1.47. The summed E-state index contributed by atoms with van der Waals surface area (Å²) < 4.78 is 25.3. The van der Waals surface area contributed by atoms with Crippen molar-refractivity contribution < 1.29 is 23.5 Å². The van der Waals surface area contributed by atoms with Crippen LogP contribution in [0.15, 0.2) is 47.4 Å². The third-order valence-electron chi connectivity index (χ3n) is 7.15. The molecular weight excluding hydrogens is 617 g/mol. The van der Waals surface area contributed by atoms with Crippen molar-refractivity contribution in [1.29, 1.82) is 0 Å². The standard InChI is InChI=1S/C32H33ClFN7O5/c1-32(2,3)46-31(44)41(5)13-7-12-40(4)28-26-23(16-24(33)38-28)36-27(39-26)20-15-19-22(37-29(20)42)10-11-35-25(19)18-9-8-17(14-21(18)34)30(43)45-6/h8-11,14-16H,7,12-13H2,1-6H3,(H,36,39)(H,37,42). The summed E-state index contributed by atoms with van der Waals surface area (Å²) in [5, 5.41) is 0.685. The summed E-state index contributed by atoms with van der Waals surface area (Å²) >= 11 is 6.37. The Kier molecular flexibility index (Phi) is 8.97. The summed E-state index contributed by atoms with van der Waals surface area (Å²) in [4.78, 5) is 60.4. The molecule has 0 aliphatic heterocycles. The molecule has 0 unspecified atom stereocenters. The summed E-state index contributed by atoms with van der Waals surface area (Å²) in [6.45, 7) is 6.41. The van der Waals surface area contributed by atoms with Crippen molar-refractivity contribution in [1.82, 2.24) is 29.8 Å². The van der Waals surface area contributed by atoms with Gasteiger partial charge in [0.2, 0.25) is 0 Å². The molecule has 4 aromatic heterocycles. The number of methoxy groups -OCH3 is 1. The molecule has 0 atom stereocenters. The fourth-order valence-electron chi connectivity index (χ4n) is 4.91. The van der Waals surface area contributed by atoms with Crippen LogP contribution >= 0.6 is 11.6 Å². The van der Waals surface area contributed by atoms with Gasteiger partial charge in [-0.15, -0.1) is 0 Å². The van der Waals surface area contributed by atoms with Gasteiger partial charge in [-0.1, -0.05) is 11.6 Å². The van der Waals surface area contributed by atoms with E-state index in [4.69, 9.17) is 21.3 Å². The lowest BCUT2D eigenvalue weighted by Crippen LogP contribution is -2.35. The molecule has 240 valence electrons. The van der Waals surface area contributed by atoms with Gasteiger partial charge in [0.25, 0.3) is 5.56 Å². The number of halogens is 2. The molecule has 5 rings (SSSR count). The molecule has 4 heterocycles. The fourth-order valence-corrected chi connectivity index (χ4v) is 5.10. The SMILES string of the molecule is COC(=O)c1ccc(-c2nccc3[nH]c(=O)c(-c4nc5c(N(C)CCCN(C)C(=O)OC(C)(C)C)nc(Cl)cc5[nH]4)cc23)c(F)c1. The minimum atomic E-state index is -0.676. The lowest BCUT2D eigenvalue weighted by Gasteiger charge is -2.25. The molecule has 14 heteroatoms. The van der Waals surface area contributed by atoms with Gasteiger partial charge in [-0.05, 0) is 57.5 Å². The highest BCUT2D eigenvalue weighted by Gasteiger charge is 2.21. The number of nitrogens with zero attached hydrogens (tertiary/aromatic N) is 5. The molecule has 0 saturated heterocycles. The van der Waals surface area contributed by atoms with E-state index in [1.165, 1.54) is 30.3 Å². The van der Waals surface area contributed by atoms with E-state index < -0.39 is 29.0 Å². The summed E-state index contributed by atoms with van der Waals surface area (Å²) in [5.41, 5.74) is 1.11. The number of amides is 1. The molecular formula is C32H33ClFN7O5. The zero-order chi connectivity index (χ0) is 33.3. The number of hydrogen-bond donors (Lipinski definition) is 2. The first-order valence-electron chi connectivity index (χ1n) is 14.4. The van der Waals surface area contributed by atoms with Crippen LogP contribution in [0.3, 0.4) is 0 Å². The van der Waals surface area contributed by atoms with Crippen molar-refractivity contribution in [2.45, 2.75) is 32.8 Å². The van der Waals surface area contributed by atoms with Crippen LogP contribution in [0.2, 0.25) is 5.15 Å². The lowest BCUT2D eigenvalue weighted by atomic mass is 10.0. The second-order valence-corrected chi connectivity index (χ2v) is 12.1. The Bertz CT molecular complexity index is 2020. The quantitative estimate of drug-likeness (QED) is 0.157. The van der Waals surface area contributed by atoms with E-state index >= 15 is 4.39 Å². The van der Waals surface area contributed by atoms with Gasteiger partial charge in [0.05, 0.1) is 35.0 Å². The molecule has 1 aromatic carbocycles. The van der Waals surface area contributed by atoms with Crippen LogP contribution in [0, 0.1) is 5.82 Å². The number of benzene rings is 1. The van der Waals surface area contributed by atoms with Crippen LogP contribution in [0.25, 0.3) is 44.6 Å². The summed E-state index contributed by atoms with van der Waals surface area (Å²) in [5.74, 6) is -0.610. The second-order valence-electron chi connectivity index (χ2n) is 11.7. The van der Waals surface area contributed by atoms with Gasteiger partial charge < -0.3 is 29.2 Å². The fraction of sp³-hybridized carbons (Fsp3) is 0.312. The maximum Gasteiger partial charge on any atom is 0.410 e. The van der Waals surface area contributed by atoms with Crippen molar-refractivity contribution in [3.05, 3.63) is 69.5 Å². The van der Waals surface area contributed by atoms with Gasteiger partial charge in [-0.3, -0.25) is 9.78 Å². The molecule has 46 heavy (non-hydrogen) atoms. The van der Waals surface area contributed by atoms with E-state index in [-0.39, 0.29) is 33.4 Å². The van der Waals surface area contributed by atoms with Gasteiger partial charge in [0, 0.05) is 50.4 Å². The van der Waals surface area contributed by atoms with Crippen molar-refractivity contribution in [3.63, 3.8) is 0 Å². The number of rotatable bonds is 8. The zero-order valence-electron chi connectivity index (χ0n) is 26.2. The molecule has 0 bridgehead atoms. The number of imidazole rings is 1. The average molecular weight is 650 g/mol. The first-order valence-corrected chi connectivity index (χ1v) is 14.8. The molecule has 0 saturated carbocycles. The number of fused-ring (bicyclic) bond motifs is 2. The largest absolute Gasteiger partial charge is 0.465 e. The molecule has 0 spiro atoms. The monoisotopic (exact) mass is 649 g/mol. The molecule has 1 amide bonds. The van der Waals surface area contributed by atoms with Gasteiger partial charge >= 0.3 is 12.1 Å². The summed E-state index contributed by atoms with van der Waals surface area (Å²) in [6, 6.07) is 8.78. The number of hydrogen-bond acceptors (Lipinski definition) is 9. The second kappa shape index (κ2) is 12.8. The molecule has 0 fully saturated rings. The first kappa shape index (κ1) is 32.4. The predicted molar refractivity (Wildman–Crippen MR) is 174 cm³/mol. The number of aromatic nitrogens is 5. The van der Waals surface area contributed by atoms with Crippen molar-refractivity contribution in [2.75, 3.05) is 39.2 Å². The zero-order valence-corrected chi connectivity index (χ0v) is 27.0. The third-order valence-corrected chi connectivity index (χ3v) is 7.34. The first-order chi connectivity index (χ1) is 21.8. The Morgan fingerprint density at radius 3 is 2.46 bits per heavy atom. The van der Waals surface area contributed by atoms with Crippen LogP contribution < -0.4 is 10.5 Å². The highest BCUT2D eigenvalue weighted by Crippen LogP contribution is 2.32. The van der Waals surface area contributed by atoms with Crippen LogP contribution in [-0.2, 0) is 9.47 Å². The van der Waals surface area contributed by atoms with E-state index in [1.807, 2.05) is 32.7 Å². The Labute approximate surface area is 268 Å². The van der Waals surface area contributed by atoms with E-state index in [9.17, 15) is 14.4 Å². The number of esters is 1. The number of H-pyrrole nitrogens is 2. The van der Waals surface area contributed by atoms with Gasteiger partial charge in [-0.2, -0.15) is 0 Å². The topological polar surface area (TPSA) is 146 Å². The van der Waals surface area contributed by atoms with Crippen LogP contribution in [-0.4, -0.2) is 81.8 Å². The Morgan fingerprint density at radius 2 is 1.76 bits per heavy atom. The minimum absolute atomic E-state index is 0.0588. The van der Waals surface area contributed by atoms with Gasteiger partial charge in [0.1, 0.15) is 27.9 Å². The van der Waals surface area contributed by atoms with Crippen LogP contribution in [0.4, 0.5) is 15.0 Å². The highest BCUT2D eigenvalue weighted by atomic mass is 35.5. The maximum atomic E-state index is 15.2. The third kappa shape index (κ3) is 6.79. The highest BCUT2D eigenvalue weighted by molar-refractivity contribution is 6.30. The molecule has 2 N–H and O–H groups in total. The maximum absolute atomic E-state index is 15.2. The van der Waals surface area contributed by atoms with E-state index in [0.29, 0.717) is 47.3 Å². The van der Waals surface area contributed by atoms with E-state index in [2.05, 4.69) is 24.7 Å². The summed E-state index contributed by atoms with van der Waals surface area (Å²) in [6.07, 6.45) is 1.66. The number of carbonyl (C=O) groups is 2. The minimum Gasteiger partial charge on any atom is -0.465 e. The number of pyridine rings is 3. The molecule has 12 nitrogen and oxygen atoms in total. The number of carbonyl (C=O) groups excluding carboxylic acids is 2. The predicted octanol–water partition coefficient (Wildman–Crippen LogP) is 5.80. The molecule has 0 aliphatic rings. The van der Waals surface area contributed by atoms with Gasteiger partial charge in [0.15, 0.2) is 5.82 Å². The van der Waals surface area contributed by atoms with Gasteiger partial charge in [-0.25, -0.2) is 23.9 Å². The van der Waals surface area contributed by atoms with Crippen molar-refractivity contribution in [3.8, 4) is 22.6 Å². The number of ether oxygens (including phenoxy) is 2. The van der Waals surface area contributed by atoms with Crippen molar-refractivity contribution >= 4 is 51.4 Å². The van der Waals surface area contributed by atoms with Crippen LogP contribution in [0.1, 0.15) is 37.6 Å². The number of aromatic amines is 2. The number of anilines is 1. The van der Waals surface area contributed by atoms with Crippen molar-refractivity contribution in [2.24, 2.45) is 0 Å². The van der Waals surface area contributed by atoms with Crippen LogP contribution in [0.5, 0.6) is 0 Å². The average Bonchev–Trinajstić information content (AvgIpc) is 3.42. The number of nitrogens with one attached hydrogen (secondary N) is 2. The summed E-state index contributed by atoms with van der Waals surface area (Å²) in [7, 11) is 4.73.